The molecule has 0 atom stereocenters. The number of hydrogen-bond donors (Lipinski definition) is 0. The minimum absolute atomic E-state index is 0.00412. The molecule has 3 aromatic heterocycles. The van der Waals surface area contributed by atoms with Crippen LogP contribution in [0, 0.1) is 0 Å². The molecule has 4 heterocycles. The van der Waals surface area contributed by atoms with Crippen molar-refractivity contribution in [3.63, 3.8) is 0 Å². The Labute approximate surface area is 119 Å². The summed E-state index contributed by atoms with van der Waals surface area (Å²) in [5.41, 5.74) is 1.60. The van der Waals surface area contributed by atoms with E-state index in [0.717, 1.165) is 30.2 Å². The first-order valence-electron chi connectivity index (χ1n) is 6.52. The number of thiazole rings is 1. The Hall–Kier alpha value is -2.15. The molecule has 4 rings (SSSR count). The zero-order valence-corrected chi connectivity index (χ0v) is 11.6. The lowest BCUT2D eigenvalue weighted by molar-refractivity contribution is 0.0740. The Morgan fingerprint density at radius 3 is 3.20 bits per heavy atom. The van der Waals surface area contributed by atoms with Gasteiger partial charge >= 0.3 is 0 Å². The molecule has 20 heavy (non-hydrogen) atoms. The number of carbonyl (C=O) groups excluding carboxylic acids is 1. The van der Waals surface area contributed by atoms with E-state index in [0.29, 0.717) is 12.2 Å². The molecule has 0 fully saturated rings. The van der Waals surface area contributed by atoms with Gasteiger partial charge in [-0.3, -0.25) is 9.20 Å². The fraction of sp³-hybridized carbons (Fsp3) is 0.308. The first-order chi connectivity index (χ1) is 9.81. The summed E-state index contributed by atoms with van der Waals surface area (Å²) in [6, 6.07) is 0. The van der Waals surface area contributed by atoms with Crippen molar-refractivity contribution >= 4 is 22.2 Å². The van der Waals surface area contributed by atoms with Crippen molar-refractivity contribution in [1.82, 2.24) is 23.8 Å². The van der Waals surface area contributed by atoms with Gasteiger partial charge in [0.15, 0.2) is 4.96 Å². The van der Waals surface area contributed by atoms with E-state index in [2.05, 4.69) is 14.5 Å². The summed E-state index contributed by atoms with van der Waals surface area (Å²) in [5.74, 6) is -0.00412. The molecule has 0 spiro atoms. The van der Waals surface area contributed by atoms with Crippen LogP contribution in [0.15, 0.2) is 30.3 Å². The van der Waals surface area contributed by atoms with E-state index in [1.54, 1.807) is 6.20 Å². The monoisotopic (exact) mass is 287 g/mol. The quantitative estimate of drug-likeness (QED) is 0.683. The van der Waals surface area contributed by atoms with Gasteiger partial charge in [-0.1, -0.05) is 0 Å². The van der Waals surface area contributed by atoms with Gasteiger partial charge < -0.3 is 9.47 Å². The number of carbonyl (C=O) groups is 1. The van der Waals surface area contributed by atoms with Crippen LogP contribution in [0.4, 0.5) is 0 Å². The number of aryl methyl sites for hydroxylation is 1. The number of nitrogens with zero attached hydrogens (tertiary/aromatic N) is 5. The van der Waals surface area contributed by atoms with Crippen molar-refractivity contribution in [2.24, 2.45) is 0 Å². The fourth-order valence-electron chi connectivity index (χ4n) is 2.55. The summed E-state index contributed by atoms with van der Waals surface area (Å²) in [6.07, 6.45) is 8.32. The lowest BCUT2D eigenvalue weighted by atomic mass is 10.3. The standard InChI is InChI=1S/C13H13N5OS/c19-12(11-8-17-4-5-20-13(17)15-11)16-2-1-3-18-9-14-6-10(18)7-16/h4-6,8-9H,1-3,7H2. The maximum Gasteiger partial charge on any atom is 0.274 e. The van der Waals surface area contributed by atoms with Crippen molar-refractivity contribution in [3.05, 3.63) is 41.7 Å². The molecule has 0 aromatic carbocycles. The van der Waals surface area contributed by atoms with Crippen LogP contribution in [0.2, 0.25) is 0 Å². The Morgan fingerprint density at radius 2 is 2.30 bits per heavy atom. The number of imidazole rings is 2. The zero-order valence-electron chi connectivity index (χ0n) is 10.8. The van der Waals surface area contributed by atoms with Crippen molar-refractivity contribution < 1.29 is 4.79 Å². The van der Waals surface area contributed by atoms with Gasteiger partial charge in [0.25, 0.3) is 5.91 Å². The SMILES string of the molecule is O=C(c1cn2ccsc2n1)N1CCCn2cncc2C1. The first-order valence-corrected chi connectivity index (χ1v) is 7.40. The molecule has 102 valence electrons. The highest BCUT2D eigenvalue weighted by Gasteiger charge is 2.22. The minimum atomic E-state index is -0.00412. The van der Waals surface area contributed by atoms with Gasteiger partial charge in [0.1, 0.15) is 5.69 Å². The summed E-state index contributed by atoms with van der Waals surface area (Å²) in [5, 5.41) is 1.96. The first kappa shape index (κ1) is 11.7. The second-order valence-electron chi connectivity index (χ2n) is 4.88. The van der Waals surface area contributed by atoms with Gasteiger partial charge in [-0.15, -0.1) is 11.3 Å². The molecule has 0 N–H and O–H groups in total. The summed E-state index contributed by atoms with van der Waals surface area (Å²) in [4.78, 5) is 23.8. The normalized spacial score (nSPS) is 15.3. The van der Waals surface area contributed by atoms with Crippen LogP contribution in [-0.2, 0) is 13.1 Å². The molecule has 0 saturated carbocycles. The average molecular weight is 287 g/mol. The fourth-order valence-corrected chi connectivity index (χ4v) is 3.25. The van der Waals surface area contributed by atoms with Crippen LogP contribution in [0.1, 0.15) is 22.6 Å². The lowest BCUT2D eigenvalue weighted by Crippen LogP contribution is -2.31. The highest BCUT2D eigenvalue weighted by Crippen LogP contribution is 2.17. The van der Waals surface area contributed by atoms with E-state index < -0.39 is 0 Å². The van der Waals surface area contributed by atoms with Crippen LogP contribution in [0.3, 0.4) is 0 Å². The third-order valence-electron chi connectivity index (χ3n) is 3.58. The van der Waals surface area contributed by atoms with Crippen LogP contribution in [0.5, 0.6) is 0 Å². The number of aromatic nitrogens is 4. The molecule has 0 aliphatic carbocycles. The van der Waals surface area contributed by atoms with E-state index >= 15 is 0 Å². The van der Waals surface area contributed by atoms with E-state index in [1.165, 1.54) is 11.3 Å². The van der Waals surface area contributed by atoms with E-state index in [4.69, 9.17) is 0 Å². The molecule has 1 aliphatic rings. The van der Waals surface area contributed by atoms with Crippen molar-refractivity contribution in [2.75, 3.05) is 6.54 Å². The van der Waals surface area contributed by atoms with Gasteiger partial charge in [-0.25, -0.2) is 9.97 Å². The van der Waals surface area contributed by atoms with Crippen LogP contribution in [-0.4, -0.2) is 36.3 Å². The Morgan fingerprint density at radius 1 is 1.35 bits per heavy atom. The van der Waals surface area contributed by atoms with Gasteiger partial charge in [-0.2, -0.15) is 0 Å². The minimum Gasteiger partial charge on any atom is -0.333 e. The highest BCUT2D eigenvalue weighted by atomic mass is 32.1. The average Bonchev–Trinajstić information content (AvgIpc) is 3.10. The van der Waals surface area contributed by atoms with E-state index in [1.807, 2.05) is 33.4 Å². The van der Waals surface area contributed by atoms with Crippen molar-refractivity contribution in [2.45, 2.75) is 19.5 Å². The summed E-state index contributed by atoms with van der Waals surface area (Å²) < 4.78 is 4.00. The van der Waals surface area contributed by atoms with Gasteiger partial charge in [0, 0.05) is 37.1 Å². The zero-order chi connectivity index (χ0) is 13.5. The molecule has 0 radical (unpaired) electrons. The second-order valence-corrected chi connectivity index (χ2v) is 5.75. The smallest absolute Gasteiger partial charge is 0.274 e. The molecule has 1 amide bonds. The van der Waals surface area contributed by atoms with Crippen LogP contribution >= 0.6 is 11.3 Å². The van der Waals surface area contributed by atoms with E-state index in [-0.39, 0.29) is 5.91 Å². The van der Waals surface area contributed by atoms with Crippen molar-refractivity contribution in [3.8, 4) is 0 Å². The molecule has 7 heteroatoms. The third kappa shape index (κ3) is 1.82. The Balaban J connectivity index is 1.63. The Kier molecular flexibility index (Phi) is 2.59. The summed E-state index contributed by atoms with van der Waals surface area (Å²) in [7, 11) is 0. The topological polar surface area (TPSA) is 55.4 Å². The number of fused-ring (bicyclic) bond motifs is 2. The van der Waals surface area contributed by atoms with Gasteiger partial charge in [0.05, 0.1) is 18.6 Å². The maximum absolute atomic E-state index is 12.6. The van der Waals surface area contributed by atoms with E-state index in [9.17, 15) is 4.79 Å². The molecular formula is C13H13N5OS. The predicted octanol–water partition coefficient (Wildman–Crippen LogP) is 1.64. The largest absolute Gasteiger partial charge is 0.333 e. The molecule has 1 aliphatic heterocycles. The number of rotatable bonds is 1. The molecule has 0 saturated heterocycles. The molecule has 0 bridgehead atoms. The van der Waals surface area contributed by atoms with Crippen LogP contribution < -0.4 is 0 Å². The van der Waals surface area contributed by atoms with Gasteiger partial charge in [0.2, 0.25) is 0 Å². The molecular weight excluding hydrogens is 274 g/mol. The second kappa shape index (κ2) is 4.45. The predicted molar refractivity (Wildman–Crippen MR) is 74.7 cm³/mol. The molecule has 6 nitrogen and oxygen atoms in total. The van der Waals surface area contributed by atoms with Gasteiger partial charge in [-0.05, 0) is 6.42 Å². The Bertz CT molecular complexity index is 742. The number of amides is 1. The summed E-state index contributed by atoms with van der Waals surface area (Å²) >= 11 is 1.53. The lowest BCUT2D eigenvalue weighted by Gasteiger charge is -2.18. The van der Waals surface area contributed by atoms with Crippen LogP contribution in [0.25, 0.3) is 4.96 Å². The number of hydrogen-bond acceptors (Lipinski definition) is 4. The maximum atomic E-state index is 12.6. The summed E-state index contributed by atoms with van der Waals surface area (Å²) in [6.45, 7) is 2.27. The molecule has 0 unspecified atom stereocenters. The third-order valence-corrected chi connectivity index (χ3v) is 4.35. The van der Waals surface area contributed by atoms with Crippen molar-refractivity contribution in [1.29, 1.82) is 0 Å². The molecule has 3 aromatic rings. The highest BCUT2D eigenvalue weighted by molar-refractivity contribution is 7.15.